The first-order chi connectivity index (χ1) is 9.19. The predicted octanol–water partition coefficient (Wildman–Crippen LogP) is 3.04. The number of thioether (sulfide) groups is 1. The summed E-state index contributed by atoms with van der Waals surface area (Å²) in [5, 5.41) is 7.73. The van der Waals surface area contributed by atoms with Crippen LogP contribution in [0.4, 0.5) is 0 Å². The van der Waals surface area contributed by atoms with Gasteiger partial charge in [0.1, 0.15) is 0 Å². The molecule has 1 unspecified atom stereocenters. The Balaban J connectivity index is 1.81. The number of nitrogens with one attached hydrogen (secondary N) is 1. The van der Waals surface area contributed by atoms with Crippen LogP contribution in [0.5, 0.6) is 0 Å². The molecule has 0 aliphatic heterocycles. The maximum absolute atomic E-state index is 4.18. The number of aromatic nitrogens is 2. The second kappa shape index (κ2) is 6.78. The Morgan fingerprint density at radius 3 is 2.63 bits per heavy atom. The summed E-state index contributed by atoms with van der Waals surface area (Å²) >= 11 is 1.78. The second-order valence-electron chi connectivity index (χ2n) is 4.72. The first-order valence-corrected chi connectivity index (χ1v) is 7.76. The van der Waals surface area contributed by atoms with E-state index in [2.05, 4.69) is 54.1 Å². The number of nitrogens with zero attached hydrogens (tertiary/aromatic N) is 2. The number of benzene rings is 1. The van der Waals surface area contributed by atoms with Crippen LogP contribution in [-0.4, -0.2) is 22.6 Å². The molecule has 1 aromatic carbocycles. The van der Waals surface area contributed by atoms with Crippen LogP contribution < -0.4 is 5.32 Å². The maximum Gasteiger partial charge on any atom is 0.0522 e. The third kappa shape index (κ3) is 4.11. The van der Waals surface area contributed by atoms with Crippen LogP contribution in [0.2, 0.25) is 0 Å². The van der Waals surface area contributed by atoms with Gasteiger partial charge in [0.15, 0.2) is 0 Å². The van der Waals surface area contributed by atoms with Gasteiger partial charge in [-0.15, -0.1) is 11.8 Å². The van der Waals surface area contributed by atoms with Gasteiger partial charge in [-0.3, -0.25) is 4.68 Å². The summed E-state index contributed by atoms with van der Waals surface area (Å²) in [6.45, 7) is 3.18. The highest BCUT2D eigenvalue weighted by Crippen LogP contribution is 2.18. The lowest BCUT2D eigenvalue weighted by Crippen LogP contribution is -2.21. The molecule has 0 saturated carbocycles. The zero-order valence-electron chi connectivity index (χ0n) is 11.8. The topological polar surface area (TPSA) is 29.9 Å². The lowest BCUT2D eigenvalue weighted by Gasteiger charge is -2.14. The van der Waals surface area contributed by atoms with Crippen molar-refractivity contribution in [2.24, 2.45) is 7.05 Å². The second-order valence-corrected chi connectivity index (χ2v) is 5.60. The van der Waals surface area contributed by atoms with E-state index < -0.39 is 0 Å². The molecule has 1 N–H and O–H groups in total. The minimum atomic E-state index is 0.382. The highest BCUT2D eigenvalue weighted by molar-refractivity contribution is 7.98. The van der Waals surface area contributed by atoms with E-state index >= 15 is 0 Å². The quantitative estimate of drug-likeness (QED) is 0.822. The highest BCUT2D eigenvalue weighted by atomic mass is 32.2. The number of rotatable bonds is 6. The van der Waals surface area contributed by atoms with E-state index in [0.717, 1.165) is 13.0 Å². The van der Waals surface area contributed by atoms with Crippen molar-refractivity contribution in [2.45, 2.75) is 24.3 Å². The SMILES string of the molecule is CSc1ccc(C(C)NCCc2cnn(C)c2)cc1. The molecule has 0 fully saturated rings. The van der Waals surface area contributed by atoms with Crippen molar-refractivity contribution >= 4 is 11.8 Å². The standard InChI is InChI=1S/C15H21N3S/c1-12(14-4-6-15(19-3)7-5-14)16-9-8-13-10-17-18(2)11-13/h4-7,10-12,16H,8-9H2,1-3H3. The molecule has 3 nitrogen and oxygen atoms in total. The van der Waals surface area contributed by atoms with Crippen LogP contribution in [0.1, 0.15) is 24.1 Å². The summed E-state index contributed by atoms with van der Waals surface area (Å²) in [7, 11) is 1.95. The molecule has 0 spiro atoms. The maximum atomic E-state index is 4.18. The Kier molecular flexibility index (Phi) is 5.05. The van der Waals surface area contributed by atoms with E-state index in [4.69, 9.17) is 0 Å². The molecule has 1 aromatic heterocycles. The van der Waals surface area contributed by atoms with Gasteiger partial charge in [-0.2, -0.15) is 5.10 Å². The monoisotopic (exact) mass is 275 g/mol. The zero-order valence-corrected chi connectivity index (χ0v) is 12.6. The predicted molar refractivity (Wildman–Crippen MR) is 81.6 cm³/mol. The Hall–Kier alpha value is -1.26. The summed E-state index contributed by atoms with van der Waals surface area (Å²) in [5.74, 6) is 0. The fraction of sp³-hybridized carbons (Fsp3) is 0.400. The van der Waals surface area contributed by atoms with Crippen LogP contribution >= 0.6 is 11.8 Å². The van der Waals surface area contributed by atoms with Crippen LogP contribution in [-0.2, 0) is 13.5 Å². The first-order valence-electron chi connectivity index (χ1n) is 6.54. The smallest absolute Gasteiger partial charge is 0.0522 e. The van der Waals surface area contributed by atoms with Crippen molar-refractivity contribution in [3.05, 3.63) is 47.8 Å². The highest BCUT2D eigenvalue weighted by Gasteiger charge is 2.04. The molecule has 0 bridgehead atoms. The minimum Gasteiger partial charge on any atom is -0.310 e. The van der Waals surface area contributed by atoms with Crippen LogP contribution in [0.25, 0.3) is 0 Å². The molecule has 0 amide bonds. The van der Waals surface area contributed by atoms with Crippen molar-refractivity contribution < 1.29 is 0 Å². The van der Waals surface area contributed by atoms with Gasteiger partial charge < -0.3 is 5.32 Å². The largest absolute Gasteiger partial charge is 0.310 e. The summed E-state index contributed by atoms with van der Waals surface area (Å²) in [6, 6.07) is 9.15. The van der Waals surface area contributed by atoms with E-state index in [1.165, 1.54) is 16.0 Å². The van der Waals surface area contributed by atoms with Crippen molar-refractivity contribution in [2.75, 3.05) is 12.8 Å². The van der Waals surface area contributed by atoms with Crippen LogP contribution in [0, 0.1) is 0 Å². The van der Waals surface area contributed by atoms with Gasteiger partial charge >= 0.3 is 0 Å². The molecule has 0 aliphatic carbocycles. The molecule has 1 atom stereocenters. The molecule has 1 heterocycles. The van der Waals surface area contributed by atoms with Crippen LogP contribution in [0.15, 0.2) is 41.6 Å². The number of aryl methyl sites for hydroxylation is 1. The van der Waals surface area contributed by atoms with E-state index in [1.54, 1.807) is 11.8 Å². The van der Waals surface area contributed by atoms with Gasteiger partial charge in [0.2, 0.25) is 0 Å². The zero-order chi connectivity index (χ0) is 13.7. The molecule has 2 aromatic rings. The average Bonchev–Trinajstić information content (AvgIpc) is 2.84. The average molecular weight is 275 g/mol. The summed E-state index contributed by atoms with van der Waals surface area (Å²) in [4.78, 5) is 1.31. The fourth-order valence-corrected chi connectivity index (χ4v) is 2.45. The van der Waals surface area contributed by atoms with E-state index in [0.29, 0.717) is 6.04 Å². The summed E-state index contributed by atoms with van der Waals surface area (Å²) in [5.41, 5.74) is 2.61. The lowest BCUT2D eigenvalue weighted by atomic mass is 10.1. The van der Waals surface area contributed by atoms with Gasteiger partial charge in [-0.25, -0.2) is 0 Å². The molecule has 19 heavy (non-hydrogen) atoms. The molecule has 0 saturated heterocycles. The molecule has 2 rings (SSSR count). The Morgan fingerprint density at radius 2 is 2.05 bits per heavy atom. The van der Waals surface area contributed by atoms with Crippen molar-refractivity contribution in [3.63, 3.8) is 0 Å². The Morgan fingerprint density at radius 1 is 1.32 bits per heavy atom. The van der Waals surface area contributed by atoms with E-state index in [9.17, 15) is 0 Å². The molecular formula is C15H21N3S. The van der Waals surface area contributed by atoms with E-state index in [-0.39, 0.29) is 0 Å². The normalized spacial score (nSPS) is 12.6. The van der Waals surface area contributed by atoms with Gasteiger partial charge in [0, 0.05) is 24.2 Å². The van der Waals surface area contributed by atoms with Gasteiger partial charge in [0.25, 0.3) is 0 Å². The molecule has 0 aliphatic rings. The van der Waals surface area contributed by atoms with Gasteiger partial charge in [-0.05, 0) is 49.4 Å². The Labute approximate surface area is 119 Å². The molecule has 0 radical (unpaired) electrons. The summed E-state index contributed by atoms with van der Waals surface area (Å²) < 4.78 is 1.85. The van der Waals surface area contributed by atoms with Crippen molar-refractivity contribution in [1.82, 2.24) is 15.1 Å². The van der Waals surface area contributed by atoms with Gasteiger partial charge in [-0.1, -0.05) is 12.1 Å². The number of hydrogen-bond acceptors (Lipinski definition) is 3. The van der Waals surface area contributed by atoms with E-state index in [1.807, 2.05) is 17.9 Å². The van der Waals surface area contributed by atoms with Gasteiger partial charge in [0.05, 0.1) is 6.20 Å². The lowest BCUT2D eigenvalue weighted by molar-refractivity contribution is 0.576. The fourth-order valence-electron chi connectivity index (χ4n) is 2.04. The van der Waals surface area contributed by atoms with Crippen LogP contribution in [0.3, 0.4) is 0 Å². The molecule has 102 valence electrons. The minimum absolute atomic E-state index is 0.382. The van der Waals surface area contributed by atoms with Crippen molar-refractivity contribution in [1.29, 1.82) is 0 Å². The first kappa shape index (κ1) is 14.2. The summed E-state index contributed by atoms with van der Waals surface area (Å²) in [6.07, 6.45) is 7.12. The molecule has 4 heteroatoms. The number of hydrogen-bond donors (Lipinski definition) is 1. The molecular weight excluding hydrogens is 254 g/mol. The Bertz CT molecular complexity index is 504. The van der Waals surface area contributed by atoms with Crippen molar-refractivity contribution in [3.8, 4) is 0 Å². The third-order valence-corrected chi connectivity index (χ3v) is 3.98. The third-order valence-electron chi connectivity index (χ3n) is 3.24.